The third kappa shape index (κ3) is 2.16. The molecule has 0 aliphatic heterocycles. The fourth-order valence-electron chi connectivity index (χ4n) is 2.60. The highest BCUT2D eigenvalue weighted by Crippen LogP contribution is 2.46. The molecule has 2 rings (SSSR count). The van der Waals surface area contributed by atoms with Crippen LogP contribution in [0.5, 0.6) is 0 Å². The predicted molar refractivity (Wildman–Crippen MR) is 67.6 cm³/mol. The fraction of sp³-hybridized carbons (Fsp3) is 0.538. The molecule has 2 N–H and O–H groups in total. The summed E-state index contributed by atoms with van der Waals surface area (Å²) in [6.45, 7) is 2.24. The van der Waals surface area contributed by atoms with Gasteiger partial charge in [-0.15, -0.1) is 0 Å². The Kier molecular flexibility index (Phi) is 3.36. The molecule has 0 saturated heterocycles. The molecular weight excluding hydrogens is 269 g/mol. The van der Waals surface area contributed by atoms with Crippen LogP contribution in [0.1, 0.15) is 44.2 Å². The van der Waals surface area contributed by atoms with Gasteiger partial charge in [-0.2, -0.15) is 0 Å². The second-order valence-electron chi connectivity index (χ2n) is 5.01. The fourth-order valence-corrected chi connectivity index (χ4v) is 3.00. The molecule has 1 aromatic carbocycles. The summed E-state index contributed by atoms with van der Waals surface area (Å²) in [5.74, 6) is -0.229. The summed E-state index contributed by atoms with van der Waals surface area (Å²) in [5, 5.41) is 0. The van der Waals surface area contributed by atoms with Gasteiger partial charge in [0.15, 0.2) is 0 Å². The van der Waals surface area contributed by atoms with Gasteiger partial charge in [0.1, 0.15) is 5.82 Å². The Balaban J connectivity index is 2.26. The number of hydrogen-bond donors (Lipinski definition) is 1. The van der Waals surface area contributed by atoms with Crippen LogP contribution in [0.4, 0.5) is 4.39 Å². The Labute approximate surface area is 104 Å². The minimum absolute atomic E-state index is 0.00639. The minimum atomic E-state index is -0.229. The quantitative estimate of drug-likeness (QED) is 0.867. The van der Waals surface area contributed by atoms with Crippen molar-refractivity contribution in [1.29, 1.82) is 0 Å². The van der Waals surface area contributed by atoms with Gasteiger partial charge in [-0.1, -0.05) is 25.8 Å². The molecule has 0 aromatic heterocycles. The first-order valence-electron chi connectivity index (χ1n) is 5.73. The Hall–Kier alpha value is -0.410. The minimum Gasteiger partial charge on any atom is -0.323 e. The maximum absolute atomic E-state index is 13.1. The molecule has 88 valence electrons. The van der Waals surface area contributed by atoms with Crippen molar-refractivity contribution in [3.05, 3.63) is 34.1 Å². The van der Waals surface area contributed by atoms with Gasteiger partial charge in [0.2, 0.25) is 0 Å². The van der Waals surface area contributed by atoms with E-state index in [2.05, 4.69) is 22.9 Å². The van der Waals surface area contributed by atoms with Crippen molar-refractivity contribution in [3.8, 4) is 0 Å². The summed E-state index contributed by atoms with van der Waals surface area (Å²) in [6.07, 6.45) is 4.85. The molecular formula is C13H17BrFN. The van der Waals surface area contributed by atoms with Crippen LogP contribution >= 0.6 is 15.9 Å². The number of benzene rings is 1. The first-order valence-corrected chi connectivity index (χ1v) is 6.53. The van der Waals surface area contributed by atoms with E-state index >= 15 is 0 Å². The maximum atomic E-state index is 13.1. The third-order valence-corrected chi connectivity index (χ3v) is 4.41. The lowest BCUT2D eigenvalue weighted by molar-refractivity contribution is 0.265. The molecule has 0 radical (unpaired) electrons. The van der Waals surface area contributed by atoms with Crippen LogP contribution in [0.25, 0.3) is 0 Å². The number of rotatable bonds is 2. The Bertz CT molecular complexity index is 386. The van der Waals surface area contributed by atoms with Crippen molar-refractivity contribution < 1.29 is 4.39 Å². The van der Waals surface area contributed by atoms with E-state index in [-0.39, 0.29) is 17.3 Å². The van der Waals surface area contributed by atoms with Crippen molar-refractivity contribution in [2.24, 2.45) is 11.1 Å². The highest BCUT2D eigenvalue weighted by Gasteiger charge is 2.35. The summed E-state index contributed by atoms with van der Waals surface area (Å²) in [7, 11) is 0. The second-order valence-corrected chi connectivity index (χ2v) is 5.87. The van der Waals surface area contributed by atoms with E-state index in [1.807, 2.05) is 6.07 Å². The van der Waals surface area contributed by atoms with Crippen molar-refractivity contribution >= 4 is 15.9 Å². The Morgan fingerprint density at radius 3 is 2.56 bits per heavy atom. The van der Waals surface area contributed by atoms with Gasteiger partial charge in [-0.25, -0.2) is 4.39 Å². The molecule has 0 amide bonds. The number of hydrogen-bond acceptors (Lipinski definition) is 1. The molecule has 0 spiro atoms. The SMILES string of the molecule is CC1(C(N)c2ccc(F)c(Br)c2)CCCC1. The summed E-state index contributed by atoms with van der Waals surface area (Å²) in [6, 6.07) is 5.10. The van der Waals surface area contributed by atoms with Gasteiger partial charge >= 0.3 is 0 Å². The lowest BCUT2D eigenvalue weighted by Gasteiger charge is -2.31. The van der Waals surface area contributed by atoms with Crippen LogP contribution < -0.4 is 5.73 Å². The maximum Gasteiger partial charge on any atom is 0.137 e. The third-order valence-electron chi connectivity index (χ3n) is 3.80. The molecule has 1 saturated carbocycles. The molecule has 1 aliphatic rings. The van der Waals surface area contributed by atoms with Crippen LogP contribution in [-0.4, -0.2) is 0 Å². The molecule has 1 nitrogen and oxygen atoms in total. The largest absolute Gasteiger partial charge is 0.323 e. The van der Waals surface area contributed by atoms with Crippen molar-refractivity contribution in [2.45, 2.75) is 38.6 Å². The predicted octanol–water partition coefficient (Wildman–Crippen LogP) is 4.17. The molecule has 1 unspecified atom stereocenters. The summed E-state index contributed by atoms with van der Waals surface area (Å²) < 4.78 is 13.6. The van der Waals surface area contributed by atoms with E-state index in [4.69, 9.17) is 5.73 Å². The number of halogens is 2. The molecule has 0 heterocycles. The highest BCUT2D eigenvalue weighted by molar-refractivity contribution is 9.10. The van der Waals surface area contributed by atoms with E-state index < -0.39 is 0 Å². The molecule has 16 heavy (non-hydrogen) atoms. The van der Waals surface area contributed by atoms with Crippen molar-refractivity contribution in [2.75, 3.05) is 0 Å². The molecule has 1 aromatic rings. The van der Waals surface area contributed by atoms with E-state index in [0.29, 0.717) is 4.47 Å². The molecule has 1 aliphatic carbocycles. The van der Waals surface area contributed by atoms with E-state index in [1.54, 1.807) is 6.07 Å². The van der Waals surface area contributed by atoms with Crippen LogP contribution in [0, 0.1) is 11.2 Å². The van der Waals surface area contributed by atoms with Gasteiger partial charge in [-0.3, -0.25) is 0 Å². The highest BCUT2D eigenvalue weighted by atomic mass is 79.9. The van der Waals surface area contributed by atoms with E-state index in [9.17, 15) is 4.39 Å². The van der Waals surface area contributed by atoms with Gasteiger partial charge in [0.25, 0.3) is 0 Å². The topological polar surface area (TPSA) is 26.0 Å². The van der Waals surface area contributed by atoms with Gasteiger partial charge < -0.3 is 5.73 Å². The van der Waals surface area contributed by atoms with E-state index in [1.165, 1.54) is 31.7 Å². The average molecular weight is 286 g/mol. The summed E-state index contributed by atoms with van der Waals surface area (Å²) in [4.78, 5) is 0. The van der Waals surface area contributed by atoms with Crippen molar-refractivity contribution in [1.82, 2.24) is 0 Å². The lowest BCUT2D eigenvalue weighted by atomic mass is 9.78. The monoisotopic (exact) mass is 285 g/mol. The standard InChI is InChI=1S/C13H17BrFN/c1-13(6-2-3-7-13)12(16)9-4-5-11(15)10(14)8-9/h4-5,8,12H,2-3,6-7,16H2,1H3. The van der Waals surface area contributed by atoms with Crippen LogP contribution in [0.3, 0.4) is 0 Å². The van der Waals surface area contributed by atoms with Crippen LogP contribution in [0.15, 0.2) is 22.7 Å². The second kappa shape index (κ2) is 4.46. The molecule has 1 atom stereocenters. The molecule has 3 heteroatoms. The normalized spacial score (nSPS) is 21.0. The smallest absolute Gasteiger partial charge is 0.137 e. The van der Waals surface area contributed by atoms with Crippen molar-refractivity contribution in [3.63, 3.8) is 0 Å². The average Bonchev–Trinajstić information content (AvgIpc) is 2.70. The zero-order valence-electron chi connectivity index (χ0n) is 9.47. The Morgan fingerprint density at radius 1 is 1.38 bits per heavy atom. The summed E-state index contributed by atoms with van der Waals surface area (Å²) >= 11 is 3.21. The molecule has 1 fully saturated rings. The van der Waals surface area contributed by atoms with Crippen LogP contribution in [0.2, 0.25) is 0 Å². The molecule has 0 bridgehead atoms. The van der Waals surface area contributed by atoms with Gasteiger partial charge in [0.05, 0.1) is 4.47 Å². The Morgan fingerprint density at radius 2 is 2.00 bits per heavy atom. The number of nitrogens with two attached hydrogens (primary N) is 1. The lowest BCUT2D eigenvalue weighted by Crippen LogP contribution is -2.29. The summed E-state index contributed by atoms with van der Waals surface area (Å²) in [5.41, 5.74) is 7.51. The zero-order valence-corrected chi connectivity index (χ0v) is 11.1. The van der Waals surface area contributed by atoms with Gasteiger partial charge in [-0.05, 0) is 51.9 Å². The van der Waals surface area contributed by atoms with Crippen LogP contribution in [-0.2, 0) is 0 Å². The van der Waals surface area contributed by atoms with Gasteiger partial charge in [0, 0.05) is 6.04 Å². The zero-order chi connectivity index (χ0) is 11.8. The first-order chi connectivity index (χ1) is 7.53. The van der Waals surface area contributed by atoms with E-state index in [0.717, 1.165) is 5.56 Å². The first kappa shape index (κ1) is 12.1.